The SMILES string of the molecule is CCC/C(C)=N/NS(=O)(=O)c1ccccc1. The maximum Gasteiger partial charge on any atom is 0.276 e. The Kier molecular flexibility index (Phi) is 4.49. The first-order valence-electron chi connectivity index (χ1n) is 5.16. The Balaban J connectivity index is 2.78. The number of hydrogen-bond donors (Lipinski definition) is 1. The summed E-state index contributed by atoms with van der Waals surface area (Å²) in [6.45, 7) is 3.82. The van der Waals surface area contributed by atoms with Crippen molar-refractivity contribution in [2.24, 2.45) is 5.10 Å². The van der Waals surface area contributed by atoms with Crippen LogP contribution in [0.15, 0.2) is 40.3 Å². The highest BCUT2D eigenvalue weighted by Crippen LogP contribution is 2.06. The fourth-order valence-corrected chi connectivity index (χ4v) is 2.10. The zero-order valence-corrected chi connectivity index (χ0v) is 10.3. The van der Waals surface area contributed by atoms with Gasteiger partial charge in [-0.15, -0.1) is 0 Å². The van der Waals surface area contributed by atoms with Crippen LogP contribution in [0.4, 0.5) is 0 Å². The summed E-state index contributed by atoms with van der Waals surface area (Å²) in [6, 6.07) is 8.19. The molecule has 0 aliphatic carbocycles. The van der Waals surface area contributed by atoms with Gasteiger partial charge in [-0.2, -0.15) is 13.5 Å². The molecule has 4 nitrogen and oxygen atoms in total. The summed E-state index contributed by atoms with van der Waals surface area (Å²) in [5.74, 6) is 0. The molecule has 0 aliphatic rings. The smallest absolute Gasteiger partial charge is 0.200 e. The van der Waals surface area contributed by atoms with Crippen molar-refractivity contribution in [1.82, 2.24) is 4.83 Å². The van der Waals surface area contributed by atoms with Crippen molar-refractivity contribution in [1.29, 1.82) is 0 Å². The van der Waals surface area contributed by atoms with Crippen LogP contribution in [0.2, 0.25) is 0 Å². The number of sulfonamides is 1. The normalized spacial score (nSPS) is 12.5. The summed E-state index contributed by atoms with van der Waals surface area (Å²) >= 11 is 0. The molecule has 0 saturated carbocycles. The molecule has 0 aromatic heterocycles. The summed E-state index contributed by atoms with van der Waals surface area (Å²) in [5.41, 5.74) is 0.780. The van der Waals surface area contributed by atoms with E-state index in [2.05, 4.69) is 9.93 Å². The Morgan fingerprint density at radius 3 is 2.50 bits per heavy atom. The van der Waals surface area contributed by atoms with Crippen LogP contribution in [-0.2, 0) is 10.0 Å². The van der Waals surface area contributed by atoms with E-state index in [1.807, 2.05) is 6.92 Å². The van der Waals surface area contributed by atoms with Gasteiger partial charge in [-0.1, -0.05) is 31.5 Å². The lowest BCUT2D eigenvalue weighted by molar-refractivity contribution is 0.584. The van der Waals surface area contributed by atoms with Crippen LogP contribution in [0.25, 0.3) is 0 Å². The van der Waals surface area contributed by atoms with Crippen LogP contribution in [-0.4, -0.2) is 14.1 Å². The monoisotopic (exact) mass is 240 g/mol. The fourth-order valence-electron chi connectivity index (χ4n) is 1.21. The minimum atomic E-state index is -3.51. The molecule has 1 N–H and O–H groups in total. The second-order valence-electron chi connectivity index (χ2n) is 3.50. The molecular weight excluding hydrogens is 224 g/mol. The lowest BCUT2D eigenvalue weighted by Crippen LogP contribution is -2.19. The first kappa shape index (κ1) is 12.7. The van der Waals surface area contributed by atoms with Crippen LogP contribution in [0.3, 0.4) is 0 Å². The largest absolute Gasteiger partial charge is 0.276 e. The van der Waals surface area contributed by atoms with Crippen molar-refractivity contribution in [3.63, 3.8) is 0 Å². The van der Waals surface area contributed by atoms with Crippen LogP contribution in [0.1, 0.15) is 26.7 Å². The number of hydrogen-bond acceptors (Lipinski definition) is 3. The highest BCUT2D eigenvalue weighted by molar-refractivity contribution is 7.89. The molecular formula is C11H16N2O2S. The van der Waals surface area contributed by atoms with Gasteiger partial charge in [0.05, 0.1) is 4.90 Å². The Morgan fingerprint density at radius 2 is 1.94 bits per heavy atom. The molecule has 0 saturated heterocycles. The number of nitrogens with zero attached hydrogens (tertiary/aromatic N) is 1. The molecule has 0 aliphatic heterocycles. The van der Waals surface area contributed by atoms with E-state index in [1.54, 1.807) is 25.1 Å². The van der Waals surface area contributed by atoms with Crippen molar-refractivity contribution in [2.45, 2.75) is 31.6 Å². The van der Waals surface area contributed by atoms with E-state index in [-0.39, 0.29) is 4.90 Å². The highest BCUT2D eigenvalue weighted by Gasteiger charge is 2.11. The van der Waals surface area contributed by atoms with E-state index in [0.29, 0.717) is 0 Å². The van der Waals surface area contributed by atoms with Gasteiger partial charge in [0.2, 0.25) is 0 Å². The number of benzene rings is 1. The quantitative estimate of drug-likeness (QED) is 0.633. The molecule has 88 valence electrons. The number of hydrazone groups is 1. The van der Waals surface area contributed by atoms with Crippen LogP contribution in [0.5, 0.6) is 0 Å². The van der Waals surface area contributed by atoms with Gasteiger partial charge in [0.15, 0.2) is 0 Å². The predicted molar refractivity (Wildman–Crippen MR) is 64.8 cm³/mol. The van der Waals surface area contributed by atoms with E-state index >= 15 is 0 Å². The van der Waals surface area contributed by atoms with Crippen LogP contribution in [0, 0.1) is 0 Å². The minimum absolute atomic E-state index is 0.225. The molecule has 5 heteroatoms. The second kappa shape index (κ2) is 5.65. The number of rotatable bonds is 5. The van der Waals surface area contributed by atoms with Gasteiger partial charge >= 0.3 is 0 Å². The predicted octanol–water partition coefficient (Wildman–Crippen LogP) is 2.14. The Hall–Kier alpha value is -1.36. The zero-order valence-electron chi connectivity index (χ0n) is 9.47. The maximum atomic E-state index is 11.7. The lowest BCUT2D eigenvalue weighted by Gasteiger charge is -2.04. The molecule has 0 heterocycles. The van der Waals surface area contributed by atoms with E-state index in [9.17, 15) is 8.42 Å². The van der Waals surface area contributed by atoms with Crippen LogP contribution < -0.4 is 4.83 Å². The van der Waals surface area contributed by atoms with Crippen molar-refractivity contribution in [3.05, 3.63) is 30.3 Å². The lowest BCUT2D eigenvalue weighted by atomic mass is 10.2. The van der Waals surface area contributed by atoms with E-state index in [4.69, 9.17) is 0 Å². The summed E-state index contributed by atoms with van der Waals surface area (Å²) in [7, 11) is -3.51. The van der Waals surface area contributed by atoms with Gasteiger partial charge in [-0.25, -0.2) is 4.83 Å². The average Bonchev–Trinajstić information content (AvgIpc) is 2.28. The molecule has 0 spiro atoms. The van der Waals surface area contributed by atoms with Gasteiger partial charge in [-0.3, -0.25) is 0 Å². The molecule has 0 fully saturated rings. The van der Waals surface area contributed by atoms with Crippen LogP contribution >= 0.6 is 0 Å². The maximum absolute atomic E-state index is 11.7. The van der Waals surface area contributed by atoms with Crippen molar-refractivity contribution >= 4 is 15.7 Å². The Bertz CT molecular complexity index is 452. The molecule has 1 rings (SSSR count). The Labute approximate surface area is 96.4 Å². The van der Waals surface area contributed by atoms with Gasteiger partial charge in [-0.05, 0) is 25.5 Å². The minimum Gasteiger partial charge on any atom is -0.200 e. The third-order valence-electron chi connectivity index (χ3n) is 2.02. The average molecular weight is 240 g/mol. The summed E-state index contributed by atoms with van der Waals surface area (Å²) in [4.78, 5) is 2.45. The third-order valence-corrected chi connectivity index (χ3v) is 3.25. The van der Waals surface area contributed by atoms with Crippen molar-refractivity contribution in [2.75, 3.05) is 0 Å². The van der Waals surface area contributed by atoms with E-state index in [0.717, 1.165) is 18.6 Å². The van der Waals surface area contributed by atoms with Gasteiger partial charge in [0.1, 0.15) is 0 Å². The number of nitrogens with one attached hydrogen (secondary N) is 1. The molecule has 0 unspecified atom stereocenters. The van der Waals surface area contributed by atoms with E-state index < -0.39 is 10.0 Å². The summed E-state index contributed by atoms with van der Waals surface area (Å²) in [5, 5.41) is 3.84. The fraction of sp³-hybridized carbons (Fsp3) is 0.364. The topological polar surface area (TPSA) is 58.5 Å². The molecule has 0 atom stereocenters. The standard InChI is InChI=1S/C11H16N2O2S/c1-3-7-10(2)12-13-16(14,15)11-8-5-4-6-9-11/h4-6,8-9,13H,3,7H2,1-2H3/b12-10+. The first-order valence-corrected chi connectivity index (χ1v) is 6.64. The van der Waals surface area contributed by atoms with Gasteiger partial charge in [0.25, 0.3) is 10.0 Å². The third kappa shape index (κ3) is 3.66. The van der Waals surface area contributed by atoms with Crippen molar-refractivity contribution in [3.8, 4) is 0 Å². The van der Waals surface area contributed by atoms with Gasteiger partial charge in [0, 0.05) is 5.71 Å². The zero-order chi connectivity index (χ0) is 12.0. The Morgan fingerprint density at radius 1 is 1.31 bits per heavy atom. The molecule has 0 bridgehead atoms. The molecule has 0 amide bonds. The first-order chi connectivity index (χ1) is 7.56. The molecule has 16 heavy (non-hydrogen) atoms. The molecule has 0 radical (unpaired) electrons. The molecule has 1 aromatic rings. The summed E-state index contributed by atoms with van der Waals surface area (Å²) < 4.78 is 23.4. The van der Waals surface area contributed by atoms with Gasteiger partial charge < -0.3 is 0 Å². The summed E-state index contributed by atoms with van der Waals surface area (Å²) in [6.07, 6.45) is 1.74. The van der Waals surface area contributed by atoms with E-state index in [1.165, 1.54) is 12.1 Å². The highest BCUT2D eigenvalue weighted by atomic mass is 32.2. The van der Waals surface area contributed by atoms with Crippen molar-refractivity contribution < 1.29 is 8.42 Å². The molecule has 1 aromatic carbocycles. The second-order valence-corrected chi connectivity index (χ2v) is 5.17.